The number of rotatable bonds is 8. The van der Waals surface area contributed by atoms with Crippen molar-refractivity contribution in [2.75, 3.05) is 13.1 Å². The number of carbonyl (C=O) groups is 1. The van der Waals surface area contributed by atoms with E-state index < -0.39 is 10.0 Å². The van der Waals surface area contributed by atoms with Gasteiger partial charge in [-0.25, -0.2) is 13.1 Å². The van der Waals surface area contributed by atoms with Crippen molar-refractivity contribution in [2.45, 2.75) is 49.8 Å². The Hall–Kier alpha value is -0.920. The highest BCUT2D eigenvalue weighted by molar-refractivity contribution is 9.10. The molecule has 0 spiro atoms. The molecule has 0 aromatic heterocycles. The van der Waals surface area contributed by atoms with Gasteiger partial charge in [0, 0.05) is 24.0 Å². The summed E-state index contributed by atoms with van der Waals surface area (Å²) in [5, 5.41) is 2.78. The first-order valence-electron chi connectivity index (χ1n) is 8.49. The maximum atomic E-state index is 12.1. The smallest absolute Gasteiger partial charge is 0.240 e. The van der Waals surface area contributed by atoms with Crippen LogP contribution in [0.2, 0.25) is 0 Å². The van der Waals surface area contributed by atoms with Gasteiger partial charge in [0.05, 0.1) is 4.90 Å². The van der Waals surface area contributed by atoms with E-state index in [1.54, 1.807) is 12.1 Å². The van der Waals surface area contributed by atoms with E-state index in [1.165, 1.54) is 44.2 Å². The van der Waals surface area contributed by atoms with Crippen molar-refractivity contribution >= 4 is 31.9 Å². The van der Waals surface area contributed by atoms with Crippen LogP contribution in [0.1, 0.15) is 44.9 Å². The lowest BCUT2D eigenvalue weighted by molar-refractivity contribution is -0.121. The summed E-state index contributed by atoms with van der Waals surface area (Å²) in [6.07, 6.45) is 7.83. The number of hydrogen-bond donors (Lipinski definition) is 2. The lowest BCUT2D eigenvalue weighted by Gasteiger charge is -2.20. The van der Waals surface area contributed by atoms with Crippen LogP contribution in [0, 0.1) is 5.92 Å². The van der Waals surface area contributed by atoms with Crippen molar-refractivity contribution in [2.24, 2.45) is 5.92 Å². The molecule has 2 N–H and O–H groups in total. The molecular weight excluding hydrogens is 392 g/mol. The van der Waals surface area contributed by atoms with Crippen molar-refractivity contribution in [1.29, 1.82) is 0 Å². The first-order valence-corrected chi connectivity index (χ1v) is 10.8. The number of carbonyl (C=O) groups excluding carboxylic acids is 1. The van der Waals surface area contributed by atoms with Gasteiger partial charge in [-0.3, -0.25) is 4.79 Å². The summed E-state index contributed by atoms with van der Waals surface area (Å²) in [7, 11) is -3.53. The quantitative estimate of drug-likeness (QED) is 0.638. The highest BCUT2D eigenvalue weighted by atomic mass is 79.9. The van der Waals surface area contributed by atoms with Crippen molar-refractivity contribution in [3.05, 3.63) is 28.7 Å². The van der Waals surface area contributed by atoms with Crippen LogP contribution in [0.25, 0.3) is 0 Å². The molecule has 7 heteroatoms. The molecule has 0 atom stereocenters. The fraction of sp³-hybridized carbons (Fsp3) is 0.588. The molecule has 0 heterocycles. The average molecular weight is 417 g/mol. The minimum Gasteiger partial charge on any atom is -0.355 e. The van der Waals surface area contributed by atoms with Crippen LogP contribution in [0.3, 0.4) is 0 Å². The van der Waals surface area contributed by atoms with Gasteiger partial charge in [0.1, 0.15) is 0 Å². The van der Waals surface area contributed by atoms with Crippen LogP contribution in [-0.2, 0) is 14.8 Å². The summed E-state index contributed by atoms with van der Waals surface area (Å²) >= 11 is 3.27. The topological polar surface area (TPSA) is 75.3 Å². The minimum absolute atomic E-state index is 0.00316. The van der Waals surface area contributed by atoms with Crippen LogP contribution < -0.4 is 10.0 Å². The van der Waals surface area contributed by atoms with Gasteiger partial charge in [0.15, 0.2) is 0 Å². The highest BCUT2D eigenvalue weighted by Crippen LogP contribution is 2.27. The highest BCUT2D eigenvalue weighted by Gasteiger charge is 2.15. The Morgan fingerprint density at radius 2 is 1.75 bits per heavy atom. The Morgan fingerprint density at radius 3 is 2.42 bits per heavy atom. The van der Waals surface area contributed by atoms with E-state index in [-0.39, 0.29) is 17.3 Å². The van der Waals surface area contributed by atoms with Gasteiger partial charge in [-0.15, -0.1) is 0 Å². The van der Waals surface area contributed by atoms with Gasteiger partial charge in [0.25, 0.3) is 0 Å². The van der Waals surface area contributed by atoms with E-state index in [0.717, 1.165) is 10.9 Å². The summed E-state index contributed by atoms with van der Waals surface area (Å²) < 4.78 is 27.5. The molecule has 1 aliphatic carbocycles. The number of nitrogens with one attached hydrogen (secondary N) is 2. The summed E-state index contributed by atoms with van der Waals surface area (Å²) in [5.41, 5.74) is 0. The average Bonchev–Trinajstić information content (AvgIpc) is 2.58. The maximum absolute atomic E-state index is 12.1. The fourth-order valence-electron chi connectivity index (χ4n) is 2.98. The van der Waals surface area contributed by atoms with Crippen LogP contribution in [0.5, 0.6) is 0 Å². The molecule has 1 aromatic rings. The molecule has 1 saturated carbocycles. The number of hydrogen-bond acceptors (Lipinski definition) is 3. The summed E-state index contributed by atoms with van der Waals surface area (Å²) in [6.45, 7) is 0.493. The summed E-state index contributed by atoms with van der Waals surface area (Å²) in [5.74, 6) is 0.684. The number of sulfonamides is 1. The molecule has 0 aliphatic heterocycles. The Morgan fingerprint density at radius 1 is 1.08 bits per heavy atom. The lowest BCUT2D eigenvalue weighted by atomic mass is 9.86. The zero-order valence-corrected chi connectivity index (χ0v) is 16.2. The fourth-order valence-corrected chi connectivity index (χ4v) is 4.28. The minimum atomic E-state index is -3.53. The molecular formula is C17H25BrN2O3S. The third kappa shape index (κ3) is 6.53. The van der Waals surface area contributed by atoms with Gasteiger partial charge in [-0.1, -0.05) is 48.0 Å². The predicted molar refractivity (Wildman–Crippen MR) is 98.1 cm³/mol. The van der Waals surface area contributed by atoms with Crippen LogP contribution >= 0.6 is 15.9 Å². The second-order valence-corrected chi connectivity index (χ2v) is 8.93. The zero-order chi connectivity index (χ0) is 17.4. The van der Waals surface area contributed by atoms with E-state index in [1.807, 2.05) is 0 Å². The van der Waals surface area contributed by atoms with Crippen LogP contribution in [-0.4, -0.2) is 27.4 Å². The zero-order valence-electron chi connectivity index (χ0n) is 13.8. The number of halogens is 1. The van der Waals surface area contributed by atoms with E-state index in [4.69, 9.17) is 0 Å². The standard InChI is InChI=1S/C17H25BrN2O3S/c18-15-7-9-16(10-8-15)24(22,23)20-13-12-19-17(21)11-6-14-4-2-1-3-5-14/h7-10,14,20H,1-6,11-13H2,(H,19,21). The molecule has 0 saturated heterocycles. The Bertz CT molecular complexity index is 626. The monoisotopic (exact) mass is 416 g/mol. The lowest BCUT2D eigenvalue weighted by Crippen LogP contribution is -2.34. The molecule has 0 unspecified atom stereocenters. The Balaban J connectivity index is 1.64. The van der Waals surface area contributed by atoms with Gasteiger partial charge in [0.2, 0.25) is 15.9 Å². The van der Waals surface area contributed by atoms with E-state index >= 15 is 0 Å². The molecule has 134 valence electrons. The molecule has 1 amide bonds. The largest absolute Gasteiger partial charge is 0.355 e. The number of benzene rings is 1. The number of amides is 1. The van der Waals surface area contributed by atoms with Crippen LogP contribution in [0.15, 0.2) is 33.6 Å². The maximum Gasteiger partial charge on any atom is 0.240 e. The first-order chi connectivity index (χ1) is 11.5. The molecule has 2 rings (SSSR count). The van der Waals surface area contributed by atoms with Gasteiger partial charge < -0.3 is 5.32 Å². The van der Waals surface area contributed by atoms with Gasteiger partial charge >= 0.3 is 0 Å². The molecule has 0 bridgehead atoms. The van der Waals surface area contributed by atoms with Crippen molar-refractivity contribution in [3.63, 3.8) is 0 Å². The van der Waals surface area contributed by atoms with Gasteiger partial charge in [-0.2, -0.15) is 0 Å². The molecule has 1 aliphatic rings. The molecule has 1 fully saturated rings. The normalized spacial score (nSPS) is 16.0. The van der Waals surface area contributed by atoms with Crippen LogP contribution in [0.4, 0.5) is 0 Å². The molecule has 5 nitrogen and oxygen atoms in total. The van der Waals surface area contributed by atoms with Crippen molar-refractivity contribution in [3.8, 4) is 0 Å². The van der Waals surface area contributed by atoms with E-state index in [0.29, 0.717) is 18.9 Å². The molecule has 24 heavy (non-hydrogen) atoms. The Labute approximate surface area is 152 Å². The molecule has 1 aromatic carbocycles. The van der Waals surface area contributed by atoms with Crippen molar-refractivity contribution in [1.82, 2.24) is 10.0 Å². The second-order valence-electron chi connectivity index (χ2n) is 6.24. The SMILES string of the molecule is O=C(CCC1CCCCC1)NCCNS(=O)(=O)c1ccc(Br)cc1. The van der Waals surface area contributed by atoms with E-state index in [9.17, 15) is 13.2 Å². The second kappa shape index (κ2) is 9.53. The predicted octanol–water partition coefficient (Wildman–Crippen LogP) is 3.20. The molecule has 0 radical (unpaired) electrons. The van der Waals surface area contributed by atoms with Gasteiger partial charge in [-0.05, 0) is 36.6 Å². The third-order valence-corrected chi connectivity index (χ3v) is 6.37. The van der Waals surface area contributed by atoms with E-state index in [2.05, 4.69) is 26.0 Å². The van der Waals surface area contributed by atoms with Crippen molar-refractivity contribution < 1.29 is 13.2 Å². The summed E-state index contributed by atoms with van der Waals surface area (Å²) in [6, 6.07) is 6.44. The Kier molecular flexibility index (Phi) is 7.71. The summed E-state index contributed by atoms with van der Waals surface area (Å²) in [4.78, 5) is 12.0. The third-order valence-electron chi connectivity index (χ3n) is 4.37. The first kappa shape index (κ1) is 19.4.